The number of thiophene rings is 1. The van der Waals surface area contributed by atoms with Crippen molar-refractivity contribution in [3.63, 3.8) is 0 Å². The molecule has 1 aliphatic carbocycles. The monoisotopic (exact) mass is 359 g/mol. The van der Waals surface area contributed by atoms with Crippen LogP contribution >= 0.6 is 22.9 Å². The van der Waals surface area contributed by atoms with Gasteiger partial charge >= 0.3 is 0 Å². The van der Waals surface area contributed by atoms with Gasteiger partial charge in [0.1, 0.15) is 9.36 Å². The Bertz CT molecular complexity index is 813. The van der Waals surface area contributed by atoms with Crippen LogP contribution in [0.3, 0.4) is 0 Å². The predicted octanol–water partition coefficient (Wildman–Crippen LogP) is 2.45. The number of carbonyl (C=O) groups is 1. The quantitative estimate of drug-likeness (QED) is 0.648. The number of aromatic nitrogens is 1. The highest BCUT2D eigenvalue weighted by Gasteiger charge is 2.25. The van der Waals surface area contributed by atoms with Crippen molar-refractivity contribution < 1.29 is 13.2 Å². The van der Waals surface area contributed by atoms with Gasteiger partial charge in [0.05, 0.1) is 10.2 Å². The van der Waals surface area contributed by atoms with Gasteiger partial charge in [0.25, 0.3) is 10.0 Å². The van der Waals surface area contributed by atoms with E-state index in [0.29, 0.717) is 15.4 Å². The normalized spacial score (nSPS) is 16.2. The molecule has 0 bridgehead atoms. The Morgan fingerprint density at radius 2 is 2.05 bits per heavy atom. The summed E-state index contributed by atoms with van der Waals surface area (Å²) in [4.78, 5) is 18.1. The molecule has 9 heteroatoms. The average Bonchev–Trinajstić information content (AvgIpc) is 3.13. The van der Waals surface area contributed by atoms with E-state index in [-0.39, 0.29) is 16.0 Å². The van der Waals surface area contributed by atoms with E-state index < -0.39 is 10.0 Å². The second kappa shape index (κ2) is 6.11. The summed E-state index contributed by atoms with van der Waals surface area (Å²) in [5.74, 6) is -0.381. The van der Waals surface area contributed by atoms with E-state index in [0.717, 1.165) is 37.0 Å². The van der Waals surface area contributed by atoms with Crippen molar-refractivity contribution in [3.8, 4) is 0 Å². The molecule has 0 saturated heterocycles. The molecule has 1 aliphatic rings. The van der Waals surface area contributed by atoms with Crippen LogP contribution in [-0.2, 0) is 14.8 Å². The zero-order chi connectivity index (χ0) is 15.7. The van der Waals surface area contributed by atoms with Crippen molar-refractivity contribution in [3.05, 3.63) is 23.4 Å². The number of nitrogens with zero attached hydrogens (tertiary/aromatic N) is 1. The molecule has 1 saturated carbocycles. The lowest BCUT2D eigenvalue weighted by atomic mass is 10.1. The fraction of sp³-hybridized carbons (Fsp3) is 0.385. The largest absolute Gasteiger partial charge is 0.277 e. The summed E-state index contributed by atoms with van der Waals surface area (Å²) in [6.07, 6.45) is 3.62. The molecule has 6 nitrogen and oxygen atoms in total. The highest BCUT2D eigenvalue weighted by atomic mass is 35.5. The van der Waals surface area contributed by atoms with Crippen LogP contribution in [0.2, 0.25) is 5.15 Å². The summed E-state index contributed by atoms with van der Waals surface area (Å²) in [7, 11) is -3.81. The van der Waals surface area contributed by atoms with Crippen molar-refractivity contribution in [1.29, 1.82) is 0 Å². The minimum Gasteiger partial charge on any atom is -0.277 e. The van der Waals surface area contributed by atoms with Gasteiger partial charge in [-0.25, -0.2) is 13.4 Å². The minimum absolute atomic E-state index is 0.0870. The maximum Gasteiger partial charge on any atom is 0.266 e. The molecule has 0 unspecified atom stereocenters. The summed E-state index contributed by atoms with van der Waals surface area (Å²) in [6.45, 7) is 0. The highest BCUT2D eigenvalue weighted by Crippen LogP contribution is 2.29. The van der Waals surface area contributed by atoms with Crippen LogP contribution in [-0.4, -0.2) is 19.3 Å². The molecule has 0 atom stereocenters. The number of carbonyl (C=O) groups excluding carboxylic acids is 1. The first-order valence-corrected chi connectivity index (χ1v) is 9.51. The van der Waals surface area contributed by atoms with Crippen LogP contribution in [0, 0.1) is 5.92 Å². The number of fused-ring (bicyclic) bond motifs is 1. The molecule has 118 valence electrons. The van der Waals surface area contributed by atoms with Crippen molar-refractivity contribution >= 4 is 49.1 Å². The van der Waals surface area contributed by atoms with Gasteiger partial charge in [-0.15, -0.1) is 16.2 Å². The smallest absolute Gasteiger partial charge is 0.266 e. The lowest BCUT2D eigenvalue weighted by molar-refractivity contribution is -0.125. The number of sulfonamides is 1. The Kier molecular flexibility index (Phi) is 4.35. The zero-order valence-corrected chi connectivity index (χ0v) is 13.9. The molecule has 0 aromatic carbocycles. The maximum atomic E-state index is 12.2. The number of amides is 1. The van der Waals surface area contributed by atoms with E-state index in [9.17, 15) is 13.2 Å². The molecule has 0 spiro atoms. The molecule has 0 radical (unpaired) electrons. The molecule has 1 amide bonds. The summed E-state index contributed by atoms with van der Waals surface area (Å²) in [6, 6.07) is 4.76. The number of halogens is 1. The second-order valence-electron chi connectivity index (χ2n) is 5.16. The van der Waals surface area contributed by atoms with Gasteiger partial charge in [0.15, 0.2) is 0 Å². The maximum absolute atomic E-state index is 12.2. The Hall–Kier alpha value is -1.22. The summed E-state index contributed by atoms with van der Waals surface area (Å²) >= 11 is 6.86. The molecule has 3 rings (SSSR count). The van der Waals surface area contributed by atoms with Crippen LogP contribution in [0.1, 0.15) is 25.7 Å². The van der Waals surface area contributed by atoms with Gasteiger partial charge in [0, 0.05) is 5.92 Å². The zero-order valence-electron chi connectivity index (χ0n) is 11.5. The van der Waals surface area contributed by atoms with E-state index in [1.165, 1.54) is 6.07 Å². The Morgan fingerprint density at radius 3 is 2.77 bits per heavy atom. The van der Waals surface area contributed by atoms with Crippen LogP contribution < -0.4 is 10.3 Å². The van der Waals surface area contributed by atoms with Gasteiger partial charge in [-0.05, 0) is 31.0 Å². The second-order valence-corrected chi connectivity index (χ2v) is 8.54. The Morgan fingerprint density at radius 1 is 1.32 bits per heavy atom. The summed E-state index contributed by atoms with van der Waals surface area (Å²) < 4.78 is 25.3. The van der Waals surface area contributed by atoms with Crippen molar-refractivity contribution in [2.24, 2.45) is 5.92 Å². The van der Waals surface area contributed by atoms with Gasteiger partial charge in [-0.2, -0.15) is 0 Å². The lowest BCUT2D eigenvalue weighted by Crippen LogP contribution is -2.43. The number of hydrogen-bond donors (Lipinski definition) is 2. The van der Waals surface area contributed by atoms with E-state index in [2.05, 4.69) is 15.2 Å². The number of rotatable bonds is 4. The van der Waals surface area contributed by atoms with E-state index in [1.54, 1.807) is 12.1 Å². The third-order valence-corrected chi connectivity index (χ3v) is 6.64. The van der Waals surface area contributed by atoms with Crippen LogP contribution in [0.4, 0.5) is 0 Å². The molecule has 2 heterocycles. The van der Waals surface area contributed by atoms with Crippen molar-refractivity contribution in [1.82, 2.24) is 15.2 Å². The van der Waals surface area contributed by atoms with Gasteiger partial charge in [-0.3, -0.25) is 10.2 Å². The number of pyridine rings is 1. The van der Waals surface area contributed by atoms with Gasteiger partial charge < -0.3 is 0 Å². The van der Waals surface area contributed by atoms with Crippen LogP contribution in [0.15, 0.2) is 22.4 Å². The van der Waals surface area contributed by atoms with Crippen molar-refractivity contribution in [2.75, 3.05) is 0 Å². The number of hydrazine groups is 1. The molecule has 2 aromatic heterocycles. The SMILES string of the molecule is O=C(NNS(=O)(=O)c1cc2nc(Cl)ccc2s1)C1CCCC1. The molecule has 0 aliphatic heterocycles. The van der Waals surface area contributed by atoms with E-state index in [1.807, 2.05) is 0 Å². The topological polar surface area (TPSA) is 88.2 Å². The number of hydrogen-bond acceptors (Lipinski definition) is 5. The van der Waals surface area contributed by atoms with Gasteiger partial charge in [-0.1, -0.05) is 24.4 Å². The third-order valence-electron chi connectivity index (χ3n) is 3.62. The first kappa shape index (κ1) is 15.7. The van der Waals surface area contributed by atoms with Crippen molar-refractivity contribution in [2.45, 2.75) is 29.9 Å². The summed E-state index contributed by atoms with van der Waals surface area (Å²) in [5, 5.41) is 0.303. The molecule has 1 fully saturated rings. The predicted molar refractivity (Wildman–Crippen MR) is 85.1 cm³/mol. The highest BCUT2D eigenvalue weighted by molar-refractivity contribution is 7.91. The van der Waals surface area contributed by atoms with Gasteiger partial charge in [0.2, 0.25) is 5.91 Å². The Balaban J connectivity index is 1.74. The molecule has 22 heavy (non-hydrogen) atoms. The molecular formula is C13H14ClN3O3S2. The minimum atomic E-state index is -3.81. The molecular weight excluding hydrogens is 346 g/mol. The van der Waals surface area contributed by atoms with E-state index >= 15 is 0 Å². The fourth-order valence-corrected chi connectivity index (χ4v) is 4.79. The average molecular weight is 360 g/mol. The number of nitrogens with one attached hydrogen (secondary N) is 2. The van der Waals surface area contributed by atoms with Crippen LogP contribution in [0.25, 0.3) is 10.2 Å². The first-order chi connectivity index (χ1) is 10.5. The molecule has 2 aromatic rings. The Labute approximate surface area is 136 Å². The first-order valence-electron chi connectivity index (χ1n) is 6.83. The summed E-state index contributed by atoms with van der Waals surface area (Å²) in [5.41, 5.74) is 2.82. The van der Waals surface area contributed by atoms with E-state index in [4.69, 9.17) is 11.6 Å². The third kappa shape index (κ3) is 3.24. The fourth-order valence-electron chi connectivity index (χ4n) is 2.47. The van der Waals surface area contributed by atoms with Crippen LogP contribution in [0.5, 0.6) is 0 Å². The standard InChI is InChI=1S/C13H14ClN3O3S2/c14-11-6-5-10-9(15-11)7-12(21-10)22(19,20)17-16-13(18)8-3-1-2-4-8/h5-8,17H,1-4H2,(H,16,18). The lowest BCUT2D eigenvalue weighted by Gasteiger charge is -2.10. The molecule has 2 N–H and O–H groups in total.